The Labute approximate surface area is 448 Å². The number of allylic oxidation sites excluding steroid dienone is 6. The van der Waals surface area contributed by atoms with Crippen LogP contribution in [0.25, 0.3) is 0 Å². The molecule has 0 heterocycles. The van der Waals surface area contributed by atoms with E-state index >= 15 is 0 Å². The average molecular weight is 1010 g/mol. The van der Waals surface area contributed by atoms with Gasteiger partial charge in [0.05, 0.1) is 0 Å². The lowest BCUT2D eigenvalue weighted by atomic mass is 10.0. The summed E-state index contributed by atoms with van der Waals surface area (Å²) >= 11 is 0. The molecule has 6 heteroatoms. The summed E-state index contributed by atoms with van der Waals surface area (Å²) in [4.78, 5) is 38.3. The van der Waals surface area contributed by atoms with Gasteiger partial charge in [0, 0.05) is 19.3 Å². The second kappa shape index (κ2) is 61.2. The first-order valence-corrected chi connectivity index (χ1v) is 32.0. The van der Waals surface area contributed by atoms with Gasteiger partial charge in [-0.3, -0.25) is 14.4 Å². The fourth-order valence-corrected chi connectivity index (χ4v) is 9.49. The highest BCUT2D eigenvalue weighted by Crippen LogP contribution is 2.17. The maximum absolute atomic E-state index is 12.9. The Hall–Kier alpha value is -2.37. The SMILES string of the molecule is CCCCCCCC/C=C\CCCCCCCC(=O)OCC(COC(=O)CCCCCCCCCCCCC/C=C\CCCCCCCCCC)OC(=O)CCCCCCC/C=C\CCCCCCCCC. The molecule has 1 unspecified atom stereocenters. The number of esters is 3. The molecule has 0 amide bonds. The topological polar surface area (TPSA) is 78.9 Å². The number of unbranched alkanes of at least 4 members (excludes halogenated alkanes) is 42. The van der Waals surface area contributed by atoms with Crippen molar-refractivity contribution in [3.8, 4) is 0 Å². The van der Waals surface area contributed by atoms with Crippen LogP contribution in [0.2, 0.25) is 0 Å². The van der Waals surface area contributed by atoms with Crippen LogP contribution in [0, 0.1) is 0 Å². The Morgan fingerprint density at radius 1 is 0.264 bits per heavy atom. The lowest BCUT2D eigenvalue weighted by Crippen LogP contribution is -2.30. The first-order valence-electron chi connectivity index (χ1n) is 32.0. The standard InChI is InChI=1S/C66H122O6/c1-4-7-10-13-16-19-22-25-28-30-31-32-33-34-35-36-39-41-44-47-50-53-56-59-65(68)71-62-63(61-70-64(67)58-55-52-49-46-43-40-37-27-24-21-18-15-12-9-6-3)72-66(69)60-57-54-51-48-45-42-38-29-26-23-20-17-14-11-8-5-2/h27,29-31,37-38,63H,4-26,28,32-36,39-62H2,1-3H3/b31-30-,37-27-,38-29-. The van der Waals surface area contributed by atoms with Crippen molar-refractivity contribution in [1.82, 2.24) is 0 Å². The average Bonchev–Trinajstić information content (AvgIpc) is 3.38. The van der Waals surface area contributed by atoms with Crippen LogP contribution in [0.15, 0.2) is 36.5 Å². The Morgan fingerprint density at radius 2 is 0.458 bits per heavy atom. The van der Waals surface area contributed by atoms with Crippen LogP contribution < -0.4 is 0 Å². The van der Waals surface area contributed by atoms with Gasteiger partial charge < -0.3 is 14.2 Å². The molecule has 0 aliphatic carbocycles. The third-order valence-corrected chi connectivity index (χ3v) is 14.3. The van der Waals surface area contributed by atoms with Gasteiger partial charge in [0.2, 0.25) is 0 Å². The summed E-state index contributed by atoms with van der Waals surface area (Å²) in [6.07, 6.45) is 74.3. The summed E-state index contributed by atoms with van der Waals surface area (Å²) in [7, 11) is 0. The van der Waals surface area contributed by atoms with Crippen molar-refractivity contribution in [3.05, 3.63) is 36.5 Å². The molecular formula is C66H122O6. The number of carbonyl (C=O) groups is 3. The van der Waals surface area contributed by atoms with Crippen LogP contribution >= 0.6 is 0 Å². The Balaban J connectivity index is 4.30. The minimum absolute atomic E-state index is 0.0756. The number of ether oxygens (including phenoxy) is 3. The smallest absolute Gasteiger partial charge is 0.306 e. The number of hydrogen-bond acceptors (Lipinski definition) is 6. The van der Waals surface area contributed by atoms with Gasteiger partial charge in [-0.1, -0.05) is 269 Å². The zero-order valence-electron chi connectivity index (χ0n) is 48.5. The minimum Gasteiger partial charge on any atom is -0.462 e. The number of rotatable bonds is 59. The molecule has 0 saturated carbocycles. The summed E-state index contributed by atoms with van der Waals surface area (Å²) in [5.41, 5.74) is 0. The molecule has 6 nitrogen and oxygen atoms in total. The third-order valence-electron chi connectivity index (χ3n) is 14.3. The van der Waals surface area contributed by atoms with Gasteiger partial charge in [0.1, 0.15) is 13.2 Å². The van der Waals surface area contributed by atoms with Crippen LogP contribution in [0.1, 0.15) is 348 Å². The zero-order valence-corrected chi connectivity index (χ0v) is 48.5. The second-order valence-corrected chi connectivity index (χ2v) is 21.7. The van der Waals surface area contributed by atoms with Crippen LogP contribution in [-0.4, -0.2) is 37.2 Å². The highest BCUT2D eigenvalue weighted by molar-refractivity contribution is 5.71. The fourth-order valence-electron chi connectivity index (χ4n) is 9.49. The van der Waals surface area contributed by atoms with E-state index in [1.165, 1.54) is 238 Å². The van der Waals surface area contributed by atoms with Gasteiger partial charge in [0.15, 0.2) is 6.10 Å². The molecule has 0 aromatic heterocycles. The summed E-state index contributed by atoms with van der Waals surface area (Å²) in [5.74, 6) is -0.873. The maximum Gasteiger partial charge on any atom is 0.306 e. The number of carbonyl (C=O) groups excluding carboxylic acids is 3. The lowest BCUT2D eigenvalue weighted by molar-refractivity contribution is -0.167. The fraction of sp³-hybridized carbons (Fsp3) is 0.864. The molecule has 0 aromatic rings. The van der Waals surface area contributed by atoms with E-state index < -0.39 is 6.10 Å². The van der Waals surface area contributed by atoms with Crippen molar-refractivity contribution in [2.75, 3.05) is 13.2 Å². The molecule has 0 aromatic carbocycles. The maximum atomic E-state index is 12.9. The van der Waals surface area contributed by atoms with Crippen molar-refractivity contribution in [2.45, 2.75) is 354 Å². The molecule has 0 bridgehead atoms. The predicted molar refractivity (Wildman–Crippen MR) is 312 cm³/mol. The number of hydrogen-bond donors (Lipinski definition) is 0. The van der Waals surface area contributed by atoms with E-state index in [4.69, 9.17) is 14.2 Å². The van der Waals surface area contributed by atoms with E-state index in [-0.39, 0.29) is 31.1 Å². The van der Waals surface area contributed by atoms with Crippen molar-refractivity contribution in [3.63, 3.8) is 0 Å². The summed E-state index contributed by atoms with van der Waals surface area (Å²) < 4.78 is 16.9. The van der Waals surface area contributed by atoms with Crippen LogP contribution in [0.3, 0.4) is 0 Å². The highest BCUT2D eigenvalue weighted by atomic mass is 16.6. The van der Waals surface area contributed by atoms with Crippen LogP contribution in [-0.2, 0) is 28.6 Å². The highest BCUT2D eigenvalue weighted by Gasteiger charge is 2.19. The Morgan fingerprint density at radius 3 is 0.694 bits per heavy atom. The minimum atomic E-state index is -0.779. The lowest BCUT2D eigenvalue weighted by Gasteiger charge is -2.18. The molecule has 72 heavy (non-hydrogen) atoms. The molecule has 0 radical (unpaired) electrons. The van der Waals surface area contributed by atoms with Gasteiger partial charge in [-0.05, 0) is 96.3 Å². The normalized spacial score (nSPS) is 12.2. The van der Waals surface area contributed by atoms with E-state index in [1.54, 1.807) is 0 Å². The van der Waals surface area contributed by atoms with Crippen molar-refractivity contribution in [2.24, 2.45) is 0 Å². The van der Waals surface area contributed by atoms with Crippen LogP contribution in [0.4, 0.5) is 0 Å². The molecule has 1 atom stereocenters. The van der Waals surface area contributed by atoms with E-state index in [2.05, 4.69) is 57.2 Å². The van der Waals surface area contributed by atoms with Gasteiger partial charge >= 0.3 is 17.9 Å². The van der Waals surface area contributed by atoms with Gasteiger partial charge in [0.25, 0.3) is 0 Å². The van der Waals surface area contributed by atoms with Gasteiger partial charge in [-0.25, -0.2) is 0 Å². The van der Waals surface area contributed by atoms with Gasteiger partial charge in [-0.15, -0.1) is 0 Å². The van der Waals surface area contributed by atoms with E-state index in [0.717, 1.165) is 70.6 Å². The third kappa shape index (κ3) is 58.5. The van der Waals surface area contributed by atoms with Crippen LogP contribution in [0.5, 0.6) is 0 Å². The summed E-state index contributed by atoms with van der Waals surface area (Å²) in [6.45, 7) is 6.67. The summed E-state index contributed by atoms with van der Waals surface area (Å²) in [6, 6.07) is 0. The molecule has 0 N–H and O–H groups in total. The van der Waals surface area contributed by atoms with Crippen molar-refractivity contribution >= 4 is 17.9 Å². The quantitative estimate of drug-likeness (QED) is 0.0261. The van der Waals surface area contributed by atoms with E-state index in [1.807, 2.05) is 0 Å². The molecule has 0 rings (SSSR count). The van der Waals surface area contributed by atoms with Gasteiger partial charge in [-0.2, -0.15) is 0 Å². The molecule has 0 saturated heterocycles. The van der Waals surface area contributed by atoms with E-state index in [0.29, 0.717) is 19.3 Å². The predicted octanol–water partition coefficient (Wildman–Crippen LogP) is 21.6. The molecule has 0 fully saturated rings. The first-order chi connectivity index (χ1) is 35.5. The first kappa shape index (κ1) is 69.6. The molecule has 0 spiro atoms. The largest absolute Gasteiger partial charge is 0.462 e. The molecular weight excluding hydrogens is 889 g/mol. The zero-order chi connectivity index (χ0) is 52.2. The monoisotopic (exact) mass is 1010 g/mol. The van der Waals surface area contributed by atoms with Crippen molar-refractivity contribution < 1.29 is 28.6 Å². The molecule has 0 aliphatic heterocycles. The van der Waals surface area contributed by atoms with E-state index in [9.17, 15) is 14.4 Å². The Kier molecular flexibility index (Phi) is 59.2. The Bertz CT molecular complexity index is 1210. The molecule has 422 valence electrons. The van der Waals surface area contributed by atoms with Crippen molar-refractivity contribution in [1.29, 1.82) is 0 Å². The second-order valence-electron chi connectivity index (χ2n) is 21.7. The molecule has 0 aliphatic rings. The summed E-state index contributed by atoms with van der Waals surface area (Å²) in [5, 5.41) is 0.